The Kier molecular flexibility index (Phi) is 5.11. The normalized spacial score (nSPS) is 15.5. The average molecular weight is 396 g/mol. The first-order valence-corrected chi connectivity index (χ1v) is 10.5. The first-order valence-electron chi connectivity index (χ1n) is 10.5. The summed E-state index contributed by atoms with van der Waals surface area (Å²) in [6.45, 7) is 2.68. The summed E-state index contributed by atoms with van der Waals surface area (Å²) in [5.74, 6) is 0.409. The zero-order chi connectivity index (χ0) is 20.3. The molecule has 2 aromatic heterocycles. The predicted octanol–water partition coefficient (Wildman–Crippen LogP) is 4.49. The lowest BCUT2D eigenvalue weighted by Crippen LogP contribution is -2.36. The van der Waals surface area contributed by atoms with Gasteiger partial charge in [-0.05, 0) is 31.5 Å². The summed E-state index contributed by atoms with van der Waals surface area (Å²) in [6, 6.07) is 19.9. The molecule has 0 amide bonds. The summed E-state index contributed by atoms with van der Waals surface area (Å²) in [5, 5.41) is 4.51. The van der Waals surface area contributed by atoms with Crippen LogP contribution in [0, 0.1) is 5.92 Å². The van der Waals surface area contributed by atoms with Crippen LogP contribution in [0.15, 0.2) is 79.3 Å². The maximum atomic E-state index is 12.7. The van der Waals surface area contributed by atoms with Gasteiger partial charge < -0.3 is 0 Å². The van der Waals surface area contributed by atoms with Crippen molar-refractivity contribution in [1.82, 2.24) is 19.5 Å². The number of aromatic nitrogens is 3. The Hall–Kier alpha value is -3.31. The first-order chi connectivity index (χ1) is 14.8. The van der Waals surface area contributed by atoms with Gasteiger partial charge in [0, 0.05) is 41.5 Å². The Morgan fingerprint density at radius 3 is 2.37 bits per heavy atom. The molecule has 0 bridgehead atoms. The van der Waals surface area contributed by atoms with Crippen LogP contribution < -0.4 is 0 Å². The molecule has 0 atom stereocenters. The zero-order valence-electron chi connectivity index (χ0n) is 16.8. The van der Waals surface area contributed by atoms with Crippen molar-refractivity contribution < 1.29 is 4.79 Å². The Labute approximate surface area is 176 Å². The third kappa shape index (κ3) is 3.76. The van der Waals surface area contributed by atoms with Crippen LogP contribution in [0.4, 0.5) is 0 Å². The van der Waals surface area contributed by atoms with Gasteiger partial charge in [0.05, 0.1) is 6.20 Å². The lowest BCUT2D eigenvalue weighted by atomic mass is 9.89. The number of nitrogens with zero attached hydrogens (tertiary/aromatic N) is 4. The van der Waals surface area contributed by atoms with Crippen LogP contribution in [-0.4, -0.2) is 38.4 Å². The van der Waals surface area contributed by atoms with Crippen LogP contribution >= 0.6 is 0 Å². The summed E-state index contributed by atoms with van der Waals surface area (Å²) in [5.41, 5.74) is 5.01. The van der Waals surface area contributed by atoms with Crippen LogP contribution in [0.3, 0.4) is 0 Å². The van der Waals surface area contributed by atoms with Gasteiger partial charge in [0.1, 0.15) is 0 Å². The number of rotatable bonds is 5. The molecular weight excluding hydrogens is 372 g/mol. The monoisotopic (exact) mass is 396 g/mol. The summed E-state index contributed by atoms with van der Waals surface area (Å²) >= 11 is 0. The Bertz CT molecular complexity index is 1150. The van der Waals surface area contributed by atoms with E-state index in [1.165, 1.54) is 0 Å². The van der Waals surface area contributed by atoms with Crippen LogP contribution in [0.25, 0.3) is 16.8 Å². The predicted molar refractivity (Wildman–Crippen MR) is 117 cm³/mol. The van der Waals surface area contributed by atoms with Crippen molar-refractivity contribution in [2.45, 2.75) is 19.4 Å². The minimum Gasteiger partial charge on any atom is -0.299 e. The molecule has 1 aliphatic rings. The van der Waals surface area contributed by atoms with Gasteiger partial charge in [-0.3, -0.25) is 9.69 Å². The van der Waals surface area contributed by atoms with E-state index in [0.29, 0.717) is 0 Å². The van der Waals surface area contributed by atoms with E-state index in [1.807, 2.05) is 65.4 Å². The van der Waals surface area contributed by atoms with Crippen molar-refractivity contribution >= 4 is 11.4 Å². The van der Waals surface area contributed by atoms with Crippen molar-refractivity contribution in [1.29, 1.82) is 0 Å². The van der Waals surface area contributed by atoms with E-state index in [0.717, 1.165) is 60.4 Å². The molecule has 0 aliphatic carbocycles. The molecule has 0 unspecified atom stereocenters. The van der Waals surface area contributed by atoms with E-state index in [1.54, 1.807) is 0 Å². The molecule has 4 aromatic rings. The molecule has 0 N–H and O–H groups in total. The quantitative estimate of drug-likeness (QED) is 0.467. The standard InChI is InChI=1S/C25H24N4O/c30-24(21-9-5-2-6-10-21)22-11-13-28(14-12-22)17-19-15-26-25-23(16-27-29(25)18-19)20-7-3-1-4-8-20/h1-10,15-16,18,22H,11-14,17H2. The molecule has 0 radical (unpaired) electrons. The molecule has 30 heavy (non-hydrogen) atoms. The second kappa shape index (κ2) is 8.20. The Morgan fingerprint density at radius 1 is 0.933 bits per heavy atom. The van der Waals surface area contributed by atoms with Gasteiger partial charge in [-0.15, -0.1) is 0 Å². The highest BCUT2D eigenvalue weighted by molar-refractivity contribution is 5.97. The van der Waals surface area contributed by atoms with Gasteiger partial charge in [0.25, 0.3) is 0 Å². The summed E-state index contributed by atoms with van der Waals surface area (Å²) in [7, 11) is 0. The smallest absolute Gasteiger partial charge is 0.166 e. The van der Waals surface area contributed by atoms with Crippen LogP contribution in [0.5, 0.6) is 0 Å². The number of hydrogen-bond donors (Lipinski definition) is 0. The van der Waals surface area contributed by atoms with Gasteiger partial charge in [-0.25, -0.2) is 9.50 Å². The van der Waals surface area contributed by atoms with Gasteiger partial charge in [0.15, 0.2) is 11.4 Å². The molecule has 1 saturated heterocycles. The van der Waals surface area contributed by atoms with E-state index in [9.17, 15) is 4.79 Å². The number of carbonyl (C=O) groups excluding carboxylic acids is 1. The minimum atomic E-state index is 0.129. The van der Waals surface area contributed by atoms with Crippen LogP contribution in [-0.2, 0) is 6.54 Å². The van der Waals surface area contributed by atoms with E-state index in [-0.39, 0.29) is 11.7 Å². The van der Waals surface area contributed by atoms with Crippen LogP contribution in [0.2, 0.25) is 0 Å². The van der Waals surface area contributed by atoms with Gasteiger partial charge in [-0.1, -0.05) is 60.7 Å². The maximum Gasteiger partial charge on any atom is 0.166 e. The molecule has 5 nitrogen and oxygen atoms in total. The number of Topliss-reactive ketones (excluding diaryl/α,β-unsaturated/α-hetero) is 1. The maximum absolute atomic E-state index is 12.7. The number of ketones is 1. The van der Waals surface area contributed by atoms with E-state index < -0.39 is 0 Å². The zero-order valence-corrected chi connectivity index (χ0v) is 16.8. The van der Waals surface area contributed by atoms with E-state index in [2.05, 4.69) is 33.3 Å². The molecule has 150 valence electrons. The second-order valence-electron chi connectivity index (χ2n) is 7.94. The third-order valence-corrected chi connectivity index (χ3v) is 5.92. The fourth-order valence-electron chi connectivity index (χ4n) is 4.27. The summed E-state index contributed by atoms with van der Waals surface area (Å²) in [6.07, 6.45) is 7.70. The van der Waals surface area contributed by atoms with Gasteiger partial charge >= 0.3 is 0 Å². The van der Waals surface area contributed by atoms with Crippen molar-refractivity contribution in [3.8, 4) is 11.1 Å². The van der Waals surface area contributed by atoms with Crippen LogP contribution in [0.1, 0.15) is 28.8 Å². The van der Waals surface area contributed by atoms with Crippen molar-refractivity contribution in [2.24, 2.45) is 5.92 Å². The van der Waals surface area contributed by atoms with Crippen molar-refractivity contribution in [3.05, 3.63) is 90.4 Å². The van der Waals surface area contributed by atoms with Crippen molar-refractivity contribution in [2.75, 3.05) is 13.1 Å². The SMILES string of the molecule is O=C(c1ccccc1)C1CCN(Cc2cnc3c(-c4ccccc4)cnn3c2)CC1. The number of benzene rings is 2. The molecule has 0 saturated carbocycles. The molecule has 3 heterocycles. The molecule has 0 spiro atoms. The lowest BCUT2D eigenvalue weighted by Gasteiger charge is -2.31. The number of carbonyl (C=O) groups is 1. The highest BCUT2D eigenvalue weighted by Crippen LogP contribution is 2.25. The van der Waals surface area contributed by atoms with E-state index in [4.69, 9.17) is 0 Å². The molecular formula is C25H24N4O. The van der Waals surface area contributed by atoms with E-state index >= 15 is 0 Å². The average Bonchev–Trinajstić information content (AvgIpc) is 3.23. The second-order valence-corrected chi connectivity index (χ2v) is 7.94. The topological polar surface area (TPSA) is 50.5 Å². The molecule has 5 heteroatoms. The number of hydrogen-bond acceptors (Lipinski definition) is 4. The molecule has 5 rings (SSSR count). The van der Waals surface area contributed by atoms with Gasteiger partial charge in [-0.2, -0.15) is 5.10 Å². The highest BCUT2D eigenvalue weighted by Gasteiger charge is 2.25. The fourth-order valence-corrected chi connectivity index (χ4v) is 4.27. The number of piperidine rings is 1. The first kappa shape index (κ1) is 18.7. The Morgan fingerprint density at radius 2 is 1.63 bits per heavy atom. The summed E-state index contributed by atoms with van der Waals surface area (Å²) in [4.78, 5) is 19.8. The van der Waals surface area contributed by atoms with Gasteiger partial charge in [0.2, 0.25) is 0 Å². The third-order valence-electron chi connectivity index (χ3n) is 5.92. The number of fused-ring (bicyclic) bond motifs is 1. The minimum absolute atomic E-state index is 0.129. The Balaban J connectivity index is 1.24. The molecule has 1 aliphatic heterocycles. The fraction of sp³-hybridized carbons (Fsp3) is 0.240. The summed E-state index contributed by atoms with van der Waals surface area (Å²) < 4.78 is 1.86. The largest absolute Gasteiger partial charge is 0.299 e. The number of likely N-dealkylation sites (tertiary alicyclic amines) is 1. The van der Waals surface area contributed by atoms with Crippen molar-refractivity contribution in [3.63, 3.8) is 0 Å². The lowest BCUT2D eigenvalue weighted by molar-refractivity contribution is 0.0834. The molecule has 2 aromatic carbocycles. The molecule has 1 fully saturated rings. The highest BCUT2D eigenvalue weighted by atomic mass is 16.1.